The Morgan fingerprint density at radius 1 is 0.938 bits per heavy atom. The average Bonchev–Trinajstić information content (AvgIpc) is 2.17. The van der Waals surface area contributed by atoms with Gasteiger partial charge in [-0.25, -0.2) is 9.97 Å². The molecular weight excluding hydrogens is 259 g/mol. The molecule has 2 aromatic rings. The molecule has 16 heavy (non-hydrogen) atoms. The molecule has 0 saturated heterocycles. The number of pyridine rings is 1. The van der Waals surface area contributed by atoms with E-state index in [-0.39, 0.29) is 0 Å². The van der Waals surface area contributed by atoms with Crippen molar-refractivity contribution in [2.24, 2.45) is 0 Å². The predicted molar refractivity (Wildman–Crippen MR) is 56.2 cm³/mol. The summed E-state index contributed by atoms with van der Waals surface area (Å²) in [5.74, 6) is -1.57. The number of hydrogen-bond acceptors (Lipinski definition) is 3. The van der Waals surface area contributed by atoms with Crippen LogP contribution in [-0.4, -0.2) is 15.0 Å². The van der Waals surface area contributed by atoms with Gasteiger partial charge in [-0.2, -0.15) is 13.8 Å². The minimum absolute atomic E-state index is 0.366. The van der Waals surface area contributed by atoms with Gasteiger partial charge in [0.2, 0.25) is 11.9 Å². The molecule has 3 nitrogen and oxygen atoms in total. The molecule has 84 valence electrons. The highest BCUT2D eigenvalue weighted by Gasteiger charge is 1.90. The Morgan fingerprint density at radius 3 is 1.69 bits per heavy atom. The van der Waals surface area contributed by atoms with Crippen LogP contribution in [0.3, 0.4) is 0 Å². The molecule has 2 heterocycles. The number of hydrogen-bond donors (Lipinski definition) is 0. The maximum absolute atomic E-state index is 11.8. The molecule has 2 rings (SSSR count). The van der Waals surface area contributed by atoms with E-state index in [0.29, 0.717) is 10.3 Å². The second-order valence-electron chi connectivity index (χ2n) is 2.45. The molecule has 0 atom stereocenters. The van der Waals surface area contributed by atoms with Crippen LogP contribution in [0.1, 0.15) is 0 Å². The Labute approximate surface area is 100 Å². The summed E-state index contributed by atoms with van der Waals surface area (Å²) in [6.07, 6.45) is 1.31. The number of halogens is 4. The van der Waals surface area contributed by atoms with E-state index >= 15 is 0 Å². The van der Waals surface area contributed by atoms with E-state index in [0.717, 1.165) is 12.1 Å². The van der Waals surface area contributed by atoms with Gasteiger partial charge >= 0.3 is 0 Å². The van der Waals surface area contributed by atoms with Gasteiger partial charge < -0.3 is 0 Å². The molecule has 0 spiro atoms. The van der Waals surface area contributed by atoms with Gasteiger partial charge in [-0.15, -0.1) is 0 Å². The average molecular weight is 264 g/mol. The monoisotopic (exact) mass is 263 g/mol. The lowest BCUT2D eigenvalue weighted by molar-refractivity contribution is 0.513. The van der Waals surface area contributed by atoms with Crippen LogP contribution < -0.4 is 0 Å². The van der Waals surface area contributed by atoms with Gasteiger partial charge in [0, 0.05) is 6.07 Å². The lowest BCUT2D eigenvalue weighted by Gasteiger charge is -1.85. The summed E-state index contributed by atoms with van der Waals surface area (Å²) in [7, 11) is 0. The number of rotatable bonds is 0. The van der Waals surface area contributed by atoms with E-state index in [4.69, 9.17) is 23.2 Å². The summed E-state index contributed by atoms with van der Waals surface area (Å²) >= 11 is 10.8. The van der Waals surface area contributed by atoms with Crippen molar-refractivity contribution in [2.45, 2.75) is 0 Å². The molecule has 0 radical (unpaired) electrons. The van der Waals surface area contributed by atoms with Crippen LogP contribution in [0.25, 0.3) is 0 Å². The van der Waals surface area contributed by atoms with Gasteiger partial charge in [0.15, 0.2) is 0 Å². The van der Waals surface area contributed by atoms with Gasteiger partial charge in [-0.05, 0) is 12.1 Å². The largest absolute Gasteiger partial charge is 0.225 e. The standard InChI is InChI=1S/C5H3F2N.C4H2Cl2N2/c6-4-2-1-3-5(7)8-4;5-3-1-4(6)8-2-7-3/h1-3H;1-2H. The van der Waals surface area contributed by atoms with Crippen molar-refractivity contribution < 1.29 is 8.78 Å². The summed E-state index contributed by atoms with van der Waals surface area (Å²) in [6.45, 7) is 0. The zero-order valence-electron chi connectivity index (χ0n) is 7.74. The molecule has 0 amide bonds. The van der Waals surface area contributed by atoms with E-state index in [1.807, 2.05) is 0 Å². The van der Waals surface area contributed by atoms with Crippen molar-refractivity contribution in [2.75, 3.05) is 0 Å². The minimum Gasteiger partial charge on any atom is -0.225 e. The minimum atomic E-state index is -0.787. The summed E-state index contributed by atoms with van der Waals surface area (Å²) in [4.78, 5) is 10.1. The van der Waals surface area contributed by atoms with Gasteiger partial charge in [0.25, 0.3) is 0 Å². The summed E-state index contributed by atoms with van der Waals surface area (Å²) < 4.78 is 23.6. The first kappa shape index (κ1) is 12.7. The normalized spacial score (nSPS) is 9.25. The fraction of sp³-hybridized carbons (Fsp3) is 0. The third-order valence-corrected chi connectivity index (χ3v) is 1.69. The van der Waals surface area contributed by atoms with Crippen molar-refractivity contribution in [3.63, 3.8) is 0 Å². The fourth-order valence-corrected chi connectivity index (χ4v) is 1.05. The molecule has 0 bridgehead atoms. The van der Waals surface area contributed by atoms with Crippen LogP contribution in [0, 0.1) is 11.9 Å². The Balaban J connectivity index is 0.000000160. The lowest BCUT2D eigenvalue weighted by Crippen LogP contribution is -1.83. The van der Waals surface area contributed by atoms with Gasteiger partial charge in [0.1, 0.15) is 16.6 Å². The molecule has 0 aromatic carbocycles. The van der Waals surface area contributed by atoms with Crippen LogP contribution in [0.4, 0.5) is 8.78 Å². The Hall–Kier alpha value is -1.33. The van der Waals surface area contributed by atoms with E-state index in [1.165, 1.54) is 18.5 Å². The molecule has 7 heteroatoms. The topological polar surface area (TPSA) is 38.7 Å². The highest BCUT2D eigenvalue weighted by atomic mass is 35.5. The van der Waals surface area contributed by atoms with E-state index in [2.05, 4.69) is 15.0 Å². The van der Waals surface area contributed by atoms with E-state index in [1.54, 1.807) is 0 Å². The van der Waals surface area contributed by atoms with Crippen LogP contribution in [0.15, 0.2) is 30.6 Å². The van der Waals surface area contributed by atoms with Crippen molar-refractivity contribution in [1.82, 2.24) is 15.0 Å². The third-order valence-electron chi connectivity index (χ3n) is 1.28. The fourth-order valence-electron chi connectivity index (χ4n) is 0.695. The molecule has 2 aromatic heterocycles. The van der Waals surface area contributed by atoms with Crippen molar-refractivity contribution in [3.8, 4) is 0 Å². The first-order valence-corrected chi connectivity index (χ1v) is 4.74. The highest BCUT2D eigenvalue weighted by Crippen LogP contribution is 2.07. The zero-order chi connectivity index (χ0) is 12.0. The van der Waals surface area contributed by atoms with Crippen LogP contribution in [-0.2, 0) is 0 Å². The highest BCUT2D eigenvalue weighted by molar-refractivity contribution is 6.33. The molecule has 0 aliphatic carbocycles. The van der Waals surface area contributed by atoms with E-state index in [9.17, 15) is 8.78 Å². The Morgan fingerprint density at radius 2 is 1.44 bits per heavy atom. The van der Waals surface area contributed by atoms with Gasteiger partial charge in [0.05, 0.1) is 0 Å². The zero-order valence-corrected chi connectivity index (χ0v) is 9.25. The first-order chi connectivity index (χ1) is 7.58. The van der Waals surface area contributed by atoms with Crippen molar-refractivity contribution >= 4 is 23.2 Å². The molecule has 0 unspecified atom stereocenters. The van der Waals surface area contributed by atoms with E-state index < -0.39 is 11.9 Å². The summed E-state index contributed by atoms with van der Waals surface area (Å²) in [6, 6.07) is 4.91. The van der Waals surface area contributed by atoms with Crippen molar-refractivity contribution in [3.05, 3.63) is 52.8 Å². The second kappa shape index (κ2) is 6.30. The smallest absolute Gasteiger partial charge is 0.215 e. The molecule has 0 N–H and O–H groups in total. The summed E-state index contributed by atoms with van der Waals surface area (Å²) in [5, 5.41) is 0.731. The maximum atomic E-state index is 11.8. The first-order valence-electron chi connectivity index (χ1n) is 3.99. The van der Waals surface area contributed by atoms with Crippen LogP contribution in [0.5, 0.6) is 0 Å². The van der Waals surface area contributed by atoms with Crippen molar-refractivity contribution in [1.29, 1.82) is 0 Å². The molecule has 0 saturated carbocycles. The Bertz CT molecular complexity index is 390. The van der Waals surface area contributed by atoms with Crippen LogP contribution >= 0.6 is 23.2 Å². The van der Waals surface area contributed by atoms with Crippen LogP contribution in [0.2, 0.25) is 10.3 Å². The Kier molecular flexibility index (Phi) is 5.01. The third kappa shape index (κ3) is 4.95. The SMILES string of the molecule is Clc1cc(Cl)ncn1.Fc1cccc(F)n1. The molecule has 0 aliphatic heterocycles. The van der Waals surface area contributed by atoms with Gasteiger partial charge in [-0.1, -0.05) is 29.3 Å². The quantitative estimate of drug-likeness (QED) is 0.542. The summed E-state index contributed by atoms with van der Waals surface area (Å²) in [5.41, 5.74) is 0. The molecule has 0 aliphatic rings. The molecule has 0 fully saturated rings. The predicted octanol–water partition coefficient (Wildman–Crippen LogP) is 3.14. The number of aromatic nitrogens is 3. The maximum Gasteiger partial charge on any atom is 0.215 e. The number of nitrogens with zero attached hydrogens (tertiary/aromatic N) is 3. The lowest BCUT2D eigenvalue weighted by atomic mass is 10.5. The van der Waals surface area contributed by atoms with Gasteiger partial charge in [-0.3, -0.25) is 0 Å². The second-order valence-corrected chi connectivity index (χ2v) is 3.22. The molecular formula is C9H5Cl2F2N3.